The van der Waals surface area contributed by atoms with Crippen LogP contribution in [0.5, 0.6) is 11.5 Å². The number of rotatable bonds is 12. The third-order valence-corrected chi connectivity index (χ3v) is 4.48. The van der Waals surface area contributed by atoms with E-state index in [-0.39, 0.29) is 11.1 Å². The summed E-state index contributed by atoms with van der Waals surface area (Å²) >= 11 is 17.4. The van der Waals surface area contributed by atoms with Crippen molar-refractivity contribution in [2.45, 2.75) is 19.8 Å². The molecule has 0 atom stereocenters. The maximum atomic E-state index is 6.31. The number of hydroxylamine groups is 1. The normalized spacial score (nSPS) is 10.3. The van der Waals surface area contributed by atoms with E-state index in [0.29, 0.717) is 29.7 Å². The van der Waals surface area contributed by atoms with Crippen LogP contribution in [-0.4, -0.2) is 19.8 Å². The summed E-state index contributed by atoms with van der Waals surface area (Å²) in [7, 11) is 0. The number of hydrogen-bond acceptors (Lipinski definition) is 4. The zero-order valence-corrected chi connectivity index (χ0v) is 18.5. The van der Waals surface area contributed by atoms with Gasteiger partial charge in [0.15, 0.2) is 0 Å². The molecular formula is C22H24Cl3NO3. The molecule has 0 amide bonds. The lowest BCUT2D eigenvalue weighted by atomic mass is 10.2. The van der Waals surface area contributed by atoms with Gasteiger partial charge < -0.3 is 9.47 Å². The van der Waals surface area contributed by atoms with Gasteiger partial charge in [-0.25, -0.2) is 0 Å². The predicted molar refractivity (Wildman–Crippen MR) is 121 cm³/mol. The molecule has 1 N–H and O–H groups in total. The van der Waals surface area contributed by atoms with Crippen LogP contribution in [0, 0.1) is 6.92 Å². The molecule has 0 unspecified atom stereocenters. The Balaban J connectivity index is 1.67. The highest BCUT2D eigenvalue weighted by Crippen LogP contribution is 2.33. The average molecular weight is 457 g/mol. The molecule has 2 rings (SSSR count). The van der Waals surface area contributed by atoms with Crippen LogP contribution in [0.3, 0.4) is 0 Å². The maximum absolute atomic E-state index is 6.31. The second-order valence-electron chi connectivity index (χ2n) is 6.21. The minimum atomic E-state index is 0.163. The highest BCUT2D eigenvalue weighted by Gasteiger charge is 2.09. The molecular weight excluding hydrogens is 433 g/mol. The molecule has 7 heteroatoms. The Kier molecular flexibility index (Phi) is 10.2. The molecule has 0 bridgehead atoms. The van der Waals surface area contributed by atoms with E-state index in [9.17, 15) is 0 Å². The van der Waals surface area contributed by atoms with E-state index in [4.69, 9.17) is 49.1 Å². The minimum Gasteiger partial charge on any atom is -0.492 e. The van der Waals surface area contributed by atoms with Gasteiger partial charge in [0.1, 0.15) is 22.6 Å². The van der Waals surface area contributed by atoms with Crippen molar-refractivity contribution in [1.29, 1.82) is 0 Å². The van der Waals surface area contributed by atoms with Crippen molar-refractivity contribution in [2.24, 2.45) is 0 Å². The highest BCUT2D eigenvalue weighted by atomic mass is 35.5. The Morgan fingerprint density at radius 1 is 1.07 bits per heavy atom. The maximum Gasteiger partial charge on any atom is 0.141 e. The Bertz CT molecular complexity index is 798. The van der Waals surface area contributed by atoms with Crippen LogP contribution in [0.15, 0.2) is 59.6 Å². The molecule has 0 aliphatic rings. The van der Waals surface area contributed by atoms with Gasteiger partial charge in [0.2, 0.25) is 0 Å². The van der Waals surface area contributed by atoms with Crippen molar-refractivity contribution in [3.05, 3.63) is 75.8 Å². The molecule has 156 valence electrons. The van der Waals surface area contributed by atoms with E-state index in [1.807, 2.05) is 43.3 Å². The van der Waals surface area contributed by atoms with Crippen molar-refractivity contribution >= 4 is 40.5 Å². The van der Waals surface area contributed by atoms with Crippen LogP contribution >= 0.6 is 34.8 Å². The third kappa shape index (κ3) is 8.58. The van der Waals surface area contributed by atoms with Gasteiger partial charge in [-0.1, -0.05) is 71.7 Å². The molecule has 4 nitrogen and oxygen atoms in total. The fraction of sp³-hybridized carbons (Fsp3) is 0.273. The molecule has 0 aliphatic heterocycles. The Morgan fingerprint density at radius 3 is 2.48 bits per heavy atom. The van der Waals surface area contributed by atoms with Gasteiger partial charge in [0.25, 0.3) is 0 Å². The standard InChI is InChI=1S/C22H24Cl3NO3/c1-16-14-19(27-13-10-21(24)25)15-20(23)22(16)28-11-6-7-12-29-26-17(2)18-8-4-3-5-9-18/h3-5,8-10,14-15,26H,2,6-7,11-13H2,1H3. The Hall–Kier alpha value is -1.85. The molecule has 0 heterocycles. The molecule has 0 aliphatic carbocycles. The molecule has 0 fully saturated rings. The van der Waals surface area contributed by atoms with Crippen molar-refractivity contribution in [2.75, 3.05) is 19.8 Å². The van der Waals surface area contributed by atoms with Gasteiger partial charge in [-0.2, -0.15) is 0 Å². The van der Waals surface area contributed by atoms with Crippen molar-refractivity contribution in [1.82, 2.24) is 5.48 Å². The van der Waals surface area contributed by atoms with Crippen molar-refractivity contribution in [3.8, 4) is 11.5 Å². The van der Waals surface area contributed by atoms with E-state index < -0.39 is 0 Å². The number of hydrogen-bond donors (Lipinski definition) is 1. The second-order valence-corrected chi connectivity index (χ2v) is 7.62. The first-order chi connectivity index (χ1) is 14.0. The van der Waals surface area contributed by atoms with Crippen LogP contribution in [0.4, 0.5) is 0 Å². The predicted octanol–water partition coefficient (Wildman–Crippen LogP) is 6.70. The molecule has 0 saturated carbocycles. The largest absolute Gasteiger partial charge is 0.492 e. The summed E-state index contributed by atoms with van der Waals surface area (Å²) in [6.45, 7) is 7.22. The van der Waals surface area contributed by atoms with Gasteiger partial charge in [-0.3, -0.25) is 10.3 Å². The smallest absolute Gasteiger partial charge is 0.141 e. The summed E-state index contributed by atoms with van der Waals surface area (Å²) in [6, 6.07) is 13.4. The number of aryl methyl sites for hydroxylation is 1. The molecule has 2 aromatic rings. The minimum absolute atomic E-state index is 0.163. The zero-order valence-electron chi connectivity index (χ0n) is 16.2. The van der Waals surface area contributed by atoms with Gasteiger partial charge in [-0.05, 0) is 43.0 Å². The van der Waals surface area contributed by atoms with Crippen molar-refractivity contribution < 1.29 is 14.3 Å². The summed E-state index contributed by atoms with van der Waals surface area (Å²) in [6.07, 6.45) is 3.22. The van der Waals surface area contributed by atoms with Crippen LogP contribution < -0.4 is 15.0 Å². The highest BCUT2D eigenvalue weighted by molar-refractivity contribution is 6.55. The van der Waals surface area contributed by atoms with Crippen molar-refractivity contribution in [3.63, 3.8) is 0 Å². The molecule has 0 spiro atoms. The zero-order chi connectivity index (χ0) is 21.1. The van der Waals surface area contributed by atoms with Crippen LogP contribution in [0.2, 0.25) is 5.02 Å². The quantitative estimate of drug-likeness (QED) is 0.285. The van der Waals surface area contributed by atoms with E-state index >= 15 is 0 Å². The van der Waals surface area contributed by atoms with Crippen LogP contribution in [0.1, 0.15) is 24.0 Å². The van der Waals surface area contributed by atoms with Gasteiger partial charge in [-0.15, -0.1) is 0 Å². The van der Waals surface area contributed by atoms with E-state index in [1.165, 1.54) is 0 Å². The monoisotopic (exact) mass is 455 g/mol. The summed E-state index contributed by atoms with van der Waals surface area (Å²) in [5.41, 5.74) is 5.49. The molecule has 0 radical (unpaired) electrons. The molecule has 0 saturated heterocycles. The first-order valence-corrected chi connectivity index (χ1v) is 10.3. The summed E-state index contributed by atoms with van der Waals surface area (Å²) in [5.74, 6) is 1.28. The summed E-state index contributed by atoms with van der Waals surface area (Å²) in [5, 5.41) is 0.498. The third-order valence-electron chi connectivity index (χ3n) is 3.90. The SMILES string of the molecule is C=C(NOCCCCOc1c(C)cc(OCC=C(Cl)Cl)cc1Cl)c1ccccc1. The lowest BCUT2D eigenvalue weighted by Crippen LogP contribution is -2.13. The number of benzene rings is 2. The van der Waals surface area contributed by atoms with E-state index in [2.05, 4.69) is 12.1 Å². The van der Waals surface area contributed by atoms with Gasteiger partial charge >= 0.3 is 0 Å². The lowest BCUT2D eigenvalue weighted by molar-refractivity contribution is 0.0733. The number of ether oxygens (including phenoxy) is 2. The first-order valence-electron chi connectivity index (χ1n) is 9.16. The molecule has 29 heavy (non-hydrogen) atoms. The number of nitrogens with one attached hydrogen (secondary N) is 1. The van der Waals surface area contributed by atoms with Gasteiger partial charge in [0.05, 0.1) is 23.9 Å². The number of unbranched alkanes of at least 4 members (excludes halogenated alkanes) is 1. The van der Waals surface area contributed by atoms with Gasteiger partial charge in [0, 0.05) is 6.07 Å². The molecule has 2 aromatic carbocycles. The lowest BCUT2D eigenvalue weighted by Gasteiger charge is -2.13. The summed E-state index contributed by atoms with van der Waals surface area (Å²) in [4.78, 5) is 5.45. The Morgan fingerprint density at radius 2 is 1.79 bits per heavy atom. The average Bonchev–Trinajstić information content (AvgIpc) is 2.69. The number of halogens is 3. The van der Waals surface area contributed by atoms with Crippen LogP contribution in [0.25, 0.3) is 5.70 Å². The van der Waals surface area contributed by atoms with E-state index in [0.717, 1.165) is 29.7 Å². The second kappa shape index (κ2) is 12.7. The fourth-order valence-electron chi connectivity index (χ4n) is 2.45. The van der Waals surface area contributed by atoms with E-state index in [1.54, 1.807) is 12.1 Å². The first kappa shape index (κ1) is 23.4. The molecule has 0 aromatic heterocycles. The van der Waals surface area contributed by atoms with Crippen LogP contribution in [-0.2, 0) is 4.84 Å². The summed E-state index contributed by atoms with van der Waals surface area (Å²) < 4.78 is 11.5. The fourth-order valence-corrected chi connectivity index (χ4v) is 2.89. The Labute approximate surface area is 187 Å². The topological polar surface area (TPSA) is 39.7 Å².